The van der Waals surface area contributed by atoms with E-state index in [9.17, 15) is 9.90 Å². The topological polar surface area (TPSA) is 59.0 Å². The summed E-state index contributed by atoms with van der Waals surface area (Å²) in [5, 5.41) is 9.72. The van der Waals surface area contributed by atoms with Crippen molar-refractivity contribution < 1.29 is 19.4 Å². The number of benzene rings is 2. The van der Waals surface area contributed by atoms with Gasteiger partial charge in [-0.05, 0) is 48.9 Å². The van der Waals surface area contributed by atoms with Gasteiger partial charge in [0.05, 0.1) is 20.3 Å². The summed E-state index contributed by atoms with van der Waals surface area (Å²) in [5.41, 5.74) is 2.01. The van der Waals surface area contributed by atoms with Crippen LogP contribution in [0.15, 0.2) is 47.4 Å². The number of methoxy groups -OCH3 is 2. The second kappa shape index (κ2) is 8.67. The summed E-state index contributed by atoms with van der Waals surface area (Å²) in [6.45, 7) is 0.737. The fourth-order valence-electron chi connectivity index (χ4n) is 3.74. The van der Waals surface area contributed by atoms with Crippen molar-refractivity contribution in [3.63, 3.8) is 0 Å². The van der Waals surface area contributed by atoms with Crippen LogP contribution in [0.1, 0.15) is 30.0 Å². The van der Waals surface area contributed by atoms with Gasteiger partial charge in [-0.15, -0.1) is 11.8 Å². The molecule has 0 saturated carbocycles. The summed E-state index contributed by atoms with van der Waals surface area (Å²) in [6.07, 6.45) is 3.57. The average molecular weight is 388 g/mol. The quantitative estimate of drug-likeness (QED) is 0.723. The second-order valence-electron chi connectivity index (χ2n) is 6.52. The van der Waals surface area contributed by atoms with Crippen LogP contribution in [-0.4, -0.2) is 49.0 Å². The molecule has 2 unspecified atom stereocenters. The Kier molecular flexibility index (Phi) is 6.29. The fourth-order valence-corrected chi connectivity index (χ4v) is 4.15. The summed E-state index contributed by atoms with van der Waals surface area (Å²) in [4.78, 5) is 15.1. The van der Waals surface area contributed by atoms with Gasteiger partial charge in [-0.1, -0.05) is 12.1 Å². The maximum Gasteiger partial charge on any atom is 0.320 e. The number of carboxylic acid groups (broad SMARTS) is 1. The Balaban J connectivity index is 2.11. The first-order chi connectivity index (χ1) is 13.1. The highest BCUT2D eigenvalue weighted by Gasteiger charge is 2.37. The highest BCUT2D eigenvalue weighted by atomic mass is 32.2. The van der Waals surface area contributed by atoms with Crippen LogP contribution in [0.4, 0.5) is 0 Å². The van der Waals surface area contributed by atoms with E-state index in [0.29, 0.717) is 17.9 Å². The minimum Gasteiger partial charge on any atom is -0.497 e. The SMILES string of the molecule is COc1ccc(C(c2ccc(SC)cc2)N2CCCC2C(=O)O)c(OC)c1. The number of hydrogen-bond acceptors (Lipinski definition) is 5. The Morgan fingerprint density at radius 3 is 2.52 bits per heavy atom. The largest absolute Gasteiger partial charge is 0.497 e. The molecule has 0 spiro atoms. The number of aliphatic carboxylic acids is 1. The first kappa shape index (κ1) is 19.6. The first-order valence-corrected chi connectivity index (χ1v) is 10.2. The van der Waals surface area contributed by atoms with E-state index in [-0.39, 0.29) is 6.04 Å². The van der Waals surface area contributed by atoms with E-state index in [1.54, 1.807) is 26.0 Å². The minimum absolute atomic E-state index is 0.189. The van der Waals surface area contributed by atoms with Crippen LogP contribution in [0.2, 0.25) is 0 Å². The molecule has 1 aliphatic heterocycles. The number of likely N-dealkylation sites (tertiary alicyclic amines) is 1. The molecule has 1 N–H and O–H groups in total. The van der Waals surface area contributed by atoms with Gasteiger partial charge in [0, 0.05) is 23.1 Å². The molecule has 1 aliphatic rings. The van der Waals surface area contributed by atoms with Crippen LogP contribution in [0.25, 0.3) is 0 Å². The van der Waals surface area contributed by atoms with Crippen LogP contribution in [0.5, 0.6) is 11.5 Å². The average Bonchev–Trinajstić information content (AvgIpc) is 3.18. The molecule has 0 bridgehead atoms. The maximum absolute atomic E-state index is 11.8. The summed E-state index contributed by atoms with van der Waals surface area (Å²) < 4.78 is 11.0. The molecule has 5 nitrogen and oxygen atoms in total. The summed E-state index contributed by atoms with van der Waals surface area (Å²) in [5.74, 6) is 0.637. The molecule has 144 valence electrons. The first-order valence-electron chi connectivity index (χ1n) is 8.93. The van der Waals surface area contributed by atoms with Crippen LogP contribution in [-0.2, 0) is 4.79 Å². The van der Waals surface area contributed by atoms with Gasteiger partial charge in [0.2, 0.25) is 0 Å². The third-order valence-corrected chi connectivity index (χ3v) is 5.82. The van der Waals surface area contributed by atoms with Crippen molar-refractivity contribution in [2.24, 2.45) is 0 Å². The van der Waals surface area contributed by atoms with Crippen LogP contribution in [0, 0.1) is 0 Å². The normalized spacial score (nSPS) is 18.3. The number of carbonyl (C=O) groups is 1. The number of carboxylic acids is 1. The molecule has 2 atom stereocenters. The molecule has 27 heavy (non-hydrogen) atoms. The summed E-state index contributed by atoms with van der Waals surface area (Å²) in [7, 11) is 3.25. The van der Waals surface area contributed by atoms with E-state index in [2.05, 4.69) is 29.2 Å². The Bertz CT molecular complexity index is 793. The molecular weight excluding hydrogens is 362 g/mol. The Morgan fingerprint density at radius 2 is 1.93 bits per heavy atom. The summed E-state index contributed by atoms with van der Waals surface area (Å²) in [6, 6.07) is 13.4. The molecule has 0 amide bonds. The molecule has 0 aromatic heterocycles. The lowest BCUT2D eigenvalue weighted by molar-refractivity contribution is -0.142. The number of ether oxygens (including phenoxy) is 2. The molecule has 0 aliphatic carbocycles. The van der Waals surface area contributed by atoms with Crippen molar-refractivity contribution in [2.75, 3.05) is 27.0 Å². The third kappa shape index (κ3) is 4.06. The van der Waals surface area contributed by atoms with Gasteiger partial charge in [-0.25, -0.2) is 0 Å². The molecular formula is C21H25NO4S. The van der Waals surface area contributed by atoms with E-state index < -0.39 is 12.0 Å². The zero-order valence-electron chi connectivity index (χ0n) is 15.8. The third-order valence-electron chi connectivity index (χ3n) is 5.08. The van der Waals surface area contributed by atoms with Crippen LogP contribution < -0.4 is 9.47 Å². The monoisotopic (exact) mass is 387 g/mol. The molecule has 6 heteroatoms. The lowest BCUT2D eigenvalue weighted by Crippen LogP contribution is -2.39. The molecule has 1 saturated heterocycles. The van der Waals surface area contributed by atoms with E-state index in [0.717, 1.165) is 24.1 Å². The van der Waals surface area contributed by atoms with Crippen LogP contribution >= 0.6 is 11.8 Å². The summed E-state index contributed by atoms with van der Waals surface area (Å²) >= 11 is 1.69. The Labute approximate surface area is 164 Å². The van der Waals surface area contributed by atoms with E-state index in [1.165, 1.54) is 4.90 Å². The van der Waals surface area contributed by atoms with E-state index >= 15 is 0 Å². The maximum atomic E-state index is 11.8. The predicted octanol–water partition coefficient (Wildman–Crippen LogP) is 4.06. The van der Waals surface area contributed by atoms with Gasteiger partial charge in [-0.3, -0.25) is 9.69 Å². The van der Waals surface area contributed by atoms with E-state index in [1.807, 2.05) is 24.5 Å². The fraction of sp³-hybridized carbons (Fsp3) is 0.381. The van der Waals surface area contributed by atoms with Crippen molar-refractivity contribution in [3.05, 3.63) is 53.6 Å². The molecule has 2 aromatic carbocycles. The van der Waals surface area contributed by atoms with E-state index in [4.69, 9.17) is 9.47 Å². The Morgan fingerprint density at radius 1 is 1.19 bits per heavy atom. The van der Waals surface area contributed by atoms with Gasteiger partial charge >= 0.3 is 5.97 Å². The number of rotatable bonds is 7. The van der Waals surface area contributed by atoms with Gasteiger partial charge in [0.15, 0.2) is 0 Å². The van der Waals surface area contributed by atoms with Gasteiger partial charge in [0.25, 0.3) is 0 Å². The smallest absolute Gasteiger partial charge is 0.320 e. The van der Waals surface area contributed by atoms with Crippen molar-refractivity contribution in [1.82, 2.24) is 4.90 Å². The van der Waals surface area contributed by atoms with Crippen molar-refractivity contribution >= 4 is 17.7 Å². The van der Waals surface area contributed by atoms with Crippen molar-refractivity contribution in [2.45, 2.75) is 29.8 Å². The lowest BCUT2D eigenvalue weighted by atomic mass is 9.95. The molecule has 3 rings (SSSR count). The Hall–Kier alpha value is -2.18. The van der Waals surface area contributed by atoms with Crippen molar-refractivity contribution in [1.29, 1.82) is 0 Å². The lowest BCUT2D eigenvalue weighted by Gasteiger charge is -2.33. The number of thioether (sulfide) groups is 1. The molecule has 1 heterocycles. The van der Waals surface area contributed by atoms with Crippen molar-refractivity contribution in [3.8, 4) is 11.5 Å². The zero-order valence-corrected chi connectivity index (χ0v) is 16.7. The number of nitrogens with zero attached hydrogens (tertiary/aromatic N) is 1. The minimum atomic E-state index is -0.772. The van der Waals surface area contributed by atoms with Gasteiger partial charge < -0.3 is 14.6 Å². The standard InChI is InChI=1S/C21H25NO4S/c1-25-15-8-11-17(19(13-15)26-2)20(14-6-9-16(27-3)10-7-14)22-12-4-5-18(22)21(23)24/h6-11,13,18,20H,4-5,12H2,1-3H3,(H,23,24). The second-order valence-corrected chi connectivity index (χ2v) is 7.40. The molecule has 2 aromatic rings. The highest BCUT2D eigenvalue weighted by Crippen LogP contribution is 2.40. The van der Waals surface area contributed by atoms with Crippen LogP contribution in [0.3, 0.4) is 0 Å². The zero-order chi connectivity index (χ0) is 19.4. The highest BCUT2D eigenvalue weighted by molar-refractivity contribution is 7.98. The number of hydrogen-bond donors (Lipinski definition) is 1. The van der Waals surface area contributed by atoms with Gasteiger partial charge in [0.1, 0.15) is 17.5 Å². The molecule has 0 radical (unpaired) electrons. The predicted molar refractivity (Wildman–Crippen MR) is 107 cm³/mol. The van der Waals surface area contributed by atoms with Gasteiger partial charge in [-0.2, -0.15) is 0 Å². The molecule has 1 fully saturated rings.